The maximum absolute atomic E-state index is 12.1. The number of unbranched alkanes of at least 4 members (excludes halogenated alkanes) is 1. The predicted molar refractivity (Wildman–Crippen MR) is 86.0 cm³/mol. The number of sulfone groups is 1. The highest BCUT2D eigenvalue weighted by atomic mass is 32.2. The van der Waals surface area contributed by atoms with Crippen LogP contribution in [0.2, 0.25) is 0 Å². The quantitative estimate of drug-likeness (QED) is 0.873. The molecule has 1 aromatic heterocycles. The molecule has 0 saturated heterocycles. The molecule has 0 unspecified atom stereocenters. The Hall–Kier alpha value is -1.80. The Bertz CT molecular complexity index is 769. The van der Waals surface area contributed by atoms with Crippen LogP contribution in [0.25, 0.3) is 0 Å². The van der Waals surface area contributed by atoms with Gasteiger partial charge >= 0.3 is 0 Å². The summed E-state index contributed by atoms with van der Waals surface area (Å²) in [5.41, 5.74) is 0.272. The summed E-state index contributed by atoms with van der Waals surface area (Å²) in [6.45, 7) is 2.10. The molecule has 1 heterocycles. The van der Waals surface area contributed by atoms with Crippen LogP contribution in [0.3, 0.4) is 0 Å². The topological polar surface area (TPSA) is 89.0 Å². The molecule has 22 heavy (non-hydrogen) atoms. The number of carbonyl (C=O) groups excluding carboxylic acids is 1. The summed E-state index contributed by atoms with van der Waals surface area (Å²) in [4.78, 5) is 12.3. The number of nitrogens with one attached hydrogen (secondary N) is 1. The zero-order valence-corrected chi connectivity index (χ0v) is 14.0. The summed E-state index contributed by atoms with van der Waals surface area (Å²) in [6, 6.07) is 5.91. The van der Waals surface area contributed by atoms with Crippen molar-refractivity contribution in [2.24, 2.45) is 0 Å². The van der Waals surface area contributed by atoms with Gasteiger partial charge in [-0.1, -0.05) is 30.7 Å². The Morgan fingerprint density at radius 2 is 2.09 bits per heavy atom. The highest BCUT2D eigenvalue weighted by Crippen LogP contribution is 2.19. The maximum atomic E-state index is 12.1. The second-order valence-corrected chi connectivity index (χ2v) is 7.94. The van der Waals surface area contributed by atoms with Crippen LogP contribution in [0.5, 0.6) is 0 Å². The lowest BCUT2D eigenvalue weighted by Gasteiger charge is -2.03. The molecule has 0 aliphatic rings. The zero-order valence-electron chi connectivity index (χ0n) is 12.4. The molecule has 1 amide bonds. The van der Waals surface area contributed by atoms with Gasteiger partial charge in [-0.15, -0.1) is 10.2 Å². The first-order chi connectivity index (χ1) is 10.4. The molecule has 6 nitrogen and oxygen atoms in total. The average Bonchev–Trinajstić information content (AvgIpc) is 2.92. The fourth-order valence-electron chi connectivity index (χ4n) is 1.77. The molecule has 0 aliphatic heterocycles. The van der Waals surface area contributed by atoms with Gasteiger partial charge in [0.2, 0.25) is 5.13 Å². The number of nitrogens with zero attached hydrogens (tertiary/aromatic N) is 2. The number of amides is 1. The van der Waals surface area contributed by atoms with E-state index in [-0.39, 0.29) is 10.5 Å². The molecule has 0 fully saturated rings. The maximum Gasteiger partial charge on any atom is 0.257 e. The van der Waals surface area contributed by atoms with Crippen molar-refractivity contribution in [3.63, 3.8) is 0 Å². The highest BCUT2D eigenvalue weighted by molar-refractivity contribution is 7.90. The molecule has 118 valence electrons. The van der Waals surface area contributed by atoms with E-state index in [0.29, 0.717) is 5.13 Å². The number of hydrogen-bond acceptors (Lipinski definition) is 6. The Labute approximate surface area is 133 Å². The minimum Gasteiger partial charge on any atom is -0.296 e. The van der Waals surface area contributed by atoms with Gasteiger partial charge in [-0.2, -0.15) is 0 Å². The lowest BCUT2D eigenvalue weighted by Crippen LogP contribution is -2.12. The van der Waals surface area contributed by atoms with Crippen LogP contribution in [-0.2, 0) is 16.3 Å². The van der Waals surface area contributed by atoms with E-state index < -0.39 is 15.7 Å². The molecule has 0 aliphatic carbocycles. The van der Waals surface area contributed by atoms with Crippen molar-refractivity contribution in [2.45, 2.75) is 31.1 Å². The molecule has 2 rings (SSSR count). The Morgan fingerprint density at radius 3 is 2.77 bits per heavy atom. The van der Waals surface area contributed by atoms with E-state index in [9.17, 15) is 13.2 Å². The van der Waals surface area contributed by atoms with Crippen LogP contribution in [0.1, 0.15) is 35.1 Å². The summed E-state index contributed by atoms with van der Waals surface area (Å²) in [5, 5.41) is 11.9. The van der Waals surface area contributed by atoms with Crippen LogP contribution in [0.15, 0.2) is 29.2 Å². The van der Waals surface area contributed by atoms with Crippen LogP contribution in [-0.4, -0.2) is 30.8 Å². The number of hydrogen-bond donors (Lipinski definition) is 1. The third-order valence-corrected chi connectivity index (χ3v) is 4.96. The normalized spacial score (nSPS) is 11.4. The van der Waals surface area contributed by atoms with E-state index in [1.165, 1.54) is 29.5 Å². The van der Waals surface area contributed by atoms with Gasteiger partial charge in [-0.05, 0) is 24.6 Å². The minimum atomic E-state index is -3.34. The molecular weight excluding hydrogens is 322 g/mol. The molecule has 0 saturated carbocycles. The summed E-state index contributed by atoms with van der Waals surface area (Å²) in [6.07, 6.45) is 4.04. The van der Waals surface area contributed by atoms with Crippen molar-refractivity contribution in [1.29, 1.82) is 0 Å². The molecular formula is C14H17N3O3S2. The number of benzene rings is 1. The van der Waals surface area contributed by atoms with Crippen LogP contribution < -0.4 is 5.32 Å². The molecule has 0 atom stereocenters. The van der Waals surface area contributed by atoms with Crippen LogP contribution >= 0.6 is 11.3 Å². The second-order valence-electron chi connectivity index (χ2n) is 4.86. The fraction of sp³-hybridized carbons (Fsp3) is 0.357. The number of anilines is 1. The largest absolute Gasteiger partial charge is 0.296 e. The van der Waals surface area contributed by atoms with Gasteiger partial charge in [0.15, 0.2) is 9.84 Å². The predicted octanol–water partition coefficient (Wildman–Crippen LogP) is 2.54. The van der Waals surface area contributed by atoms with Gasteiger partial charge in [0.1, 0.15) is 5.01 Å². The summed E-state index contributed by atoms with van der Waals surface area (Å²) >= 11 is 1.33. The van der Waals surface area contributed by atoms with Gasteiger partial charge in [-0.3, -0.25) is 10.1 Å². The van der Waals surface area contributed by atoms with Crippen molar-refractivity contribution in [3.05, 3.63) is 34.8 Å². The highest BCUT2D eigenvalue weighted by Gasteiger charge is 2.13. The Morgan fingerprint density at radius 1 is 1.32 bits per heavy atom. The minimum absolute atomic E-state index is 0.112. The SMILES string of the molecule is CCCCc1nnc(NC(=O)c2cccc(S(C)(=O)=O)c2)s1. The van der Waals surface area contributed by atoms with Crippen molar-refractivity contribution in [2.75, 3.05) is 11.6 Å². The molecule has 8 heteroatoms. The lowest BCUT2D eigenvalue weighted by molar-refractivity contribution is 0.102. The number of aromatic nitrogens is 2. The van der Waals surface area contributed by atoms with Crippen molar-refractivity contribution >= 4 is 32.2 Å². The van der Waals surface area contributed by atoms with E-state index in [1.807, 2.05) is 0 Å². The van der Waals surface area contributed by atoms with Gasteiger partial charge < -0.3 is 0 Å². The zero-order chi connectivity index (χ0) is 16.2. The Balaban J connectivity index is 2.11. The van der Waals surface area contributed by atoms with E-state index in [4.69, 9.17) is 0 Å². The first kappa shape index (κ1) is 16.6. The van der Waals surface area contributed by atoms with Crippen molar-refractivity contribution < 1.29 is 13.2 Å². The van der Waals surface area contributed by atoms with E-state index in [2.05, 4.69) is 22.4 Å². The third-order valence-electron chi connectivity index (χ3n) is 2.96. The summed E-state index contributed by atoms with van der Waals surface area (Å²) in [5.74, 6) is -0.399. The van der Waals surface area contributed by atoms with E-state index in [1.54, 1.807) is 6.07 Å². The number of carbonyl (C=O) groups is 1. The third kappa shape index (κ3) is 4.35. The molecule has 2 aromatic rings. The van der Waals surface area contributed by atoms with Gasteiger partial charge in [0.25, 0.3) is 5.91 Å². The van der Waals surface area contributed by atoms with Crippen LogP contribution in [0, 0.1) is 0 Å². The molecule has 0 bridgehead atoms. The van der Waals surface area contributed by atoms with Gasteiger partial charge in [0.05, 0.1) is 4.90 Å². The van der Waals surface area contributed by atoms with Crippen molar-refractivity contribution in [1.82, 2.24) is 10.2 Å². The average molecular weight is 339 g/mol. The van der Waals surface area contributed by atoms with Crippen molar-refractivity contribution in [3.8, 4) is 0 Å². The van der Waals surface area contributed by atoms with Crippen LogP contribution in [0.4, 0.5) is 5.13 Å². The fourth-order valence-corrected chi connectivity index (χ4v) is 3.21. The summed E-state index contributed by atoms with van der Waals surface area (Å²) < 4.78 is 23.0. The first-order valence-corrected chi connectivity index (χ1v) is 9.55. The lowest BCUT2D eigenvalue weighted by atomic mass is 10.2. The van der Waals surface area contributed by atoms with Gasteiger partial charge in [-0.25, -0.2) is 8.42 Å². The first-order valence-electron chi connectivity index (χ1n) is 6.84. The van der Waals surface area contributed by atoms with E-state index >= 15 is 0 Å². The molecule has 0 spiro atoms. The summed E-state index contributed by atoms with van der Waals surface area (Å²) in [7, 11) is -3.34. The number of rotatable bonds is 6. The monoisotopic (exact) mass is 339 g/mol. The smallest absolute Gasteiger partial charge is 0.257 e. The second kappa shape index (κ2) is 6.97. The Kier molecular flexibility index (Phi) is 5.25. The van der Waals surface area contributed by atoms with Gasteiger partial charge in [0, 0.05) is 18.2 Å². The standard InChI is InChI=1S/C14H17N3O3S2/c1-3-4-8-12-16-17-14(21-12)15-13(18)10-6-5-7-11(9-10)22(2,19)20/h5-7,9H,3-4,8H2,1-2H3,(H,15,17,18). The molecule has 0 radical (unpaired) electrons. The van der Waals surface area contributed by atoms with E-state index in [0.717, 1.165) is 30.5 Å². The molecule has 1 aromatic carbocycles. The number of aryl methyl sites for hydroxylation is 1. The molecule has 1 N–H and O–H groups in total.